The van der Waals surface area contributed by atoms with E-state index in [-0.39, 0.29) is 0 Å². The Hall–Kier alpha value is -1.14. The molecule has 0 spiro atoms. The highest BCUT2D eigenvalue weighted by atomic mass is 19.4. The summed E-state index contributed by atoms with van der Waals surface area (Å²) >= 11 is 0. The fourth-order valence-corrected chi connectivity index (χ4v) is 0.444. The minimum Gasteiger partial charge on any atom is -0.478 e. The van der Waals surface area contributed by atoms with Crippen LogP contribution in [0.2, 0.25) is 0 Å². The molecule has 0 aromatic rings. The standard InChI is InChI=1S/C6H5F5O2/c1-3(4(12)13)2-5(7,8)6(9,10)11/h1-2H2,(H,12,13). The van der Waals surface area contributed by atoms with Gasteiger partial charge in [0.2, 0.25) is 0 Å². The lowest BCUT2D eigenvalue weighted by atomic mass is 10.1. The van der Waals surface area contributed by atoms with E-state index in [0.29, 0.717) is 0 Å². The number of hydrogen-bond acceptors (Lipinski definition) is 1. The SMILES string of the molecule is C=C(CC(F)(F)C(F)(F)F)C(=O)O. The summed E-state index contributed by atoms with van der Waals surface area (Å²) in [7, 11) is 0. The first kappa shape index (κ1) is 11.9. The Morgan fingerprint density at radius 3 is 1.85 bits per heavy atom. The molecule has 13 heavy (non-hydrogen) atoms. The molecule has 76 valence electrons. The van der Waals surface area contributed by atoms with Gasteiger partial charge in [0.1, 0.15) is 0 Å². The van der Waals surface area contributed by atoms with Crippen LogP contribution in [0.5, 0.6) is 0 Å². The van der Waals surface area contributed by atoms with Crippen molar-refractivity contribution in [2.24, 2.45) is 0 Å². The first-order chi connectivity index (χ1) is 5.58. The van der Waals surface area contributed by atoms with Gasteiger partial charge < -0.3 is 5.11 Å². The topological polar surface area (TPSA) is 37.3 Å². The number of aliphatic carboxylic acids is 1. The Balaban J connectivity index is 4.53. The van der Waals surface area contributed by atoms with Gasteiger partial charge >= 0.3 is 18.1 Å². The van der Waals surface area contributed by atoms with Crippen LogP contribution in [0.4, 0.5) is 22.0 Å². The summed E-state index contributed by atoms with van der Waals surface area (Å²) in [5.41, 5.74) is -1.18. The molecule has 0 bridgehead atoms. The quantitative estimate of drug-likeness (QED) is 0.565. The van der Waals surface area contributed by atoms with Crippen molar-refractivity contribution in [1.82, 2.24) is 0 Å². The average molecular weight is 204 g/mol. The predicted octanol–water partition coefficient (Wildman–Crippen LogP) is 2.21. The third-order valence-corrected chi connectivity index (χ3v) is 1.15. The summed E-state index contributed by atoms with van der Waals surface area (Å²) in [5, 5.41) is 8.01. The molecule has 0 unspecified atom stereocenters. The Labute approximate surface area is 69.7 Å². The molecule has 0 fully saturated rings. The summed E-state index contributed by atoms with van der Waals surface area (Å²) in [5.74, 6) is -6.91. The van der Waals surface area contributed by atoms with Crippen molar-refractivity contribution in [3.05, 3.63) is 12.2 Å². The van der Waals surface area contributed by atoms with Gasteiger partial charge in [-0.15, -0.1) is 0 Å². The van der Waals surface area contributed by atoms with E-state index in [1.165, 1.54) is 0 Å². The van der Waals surface area contributed by atoms with Gasteiger partial charge in [-0.25, -0.2) is 4.79 Å². The van der Waals surface area contributed by atoms with E-state index in [0.717, 1.165) is 0 Å². The molecule has 0 aliphatic carbocycles. The number of hydrogen-bond donors (Lipinski definition) is 1. The molecule has 1 N–H and O–H groups in total. The molecule has 0 aromatic heterocycles. The summed E-state index contributed by atoms with van der Waals surface area (Å²) in [4.78, 5) is 9.90. The third-order valence-electron chi connectivity index (χ3n) is 1.15. The molecular weight excluding hydrogens is 199 g/mol. The molecular formula is C6H5F5O2. The van der Waals surface area contributed by atoms with Crippen molar-refractivity contribution < 1.29 is 31.9 Å². The molecule has 7 heteroatoms. The number of alkyl halides is 5. The van der Waals surface area contributed by atoms with Crippen LogP contribution in [-0.2, 0) is 4.79 Å². The summed E-state index contributed by atoms with van der Waals surface area (Å²) in [6.45, 7) is 2.57. The van der Waals surface area contributed by atoms with Gasteiger partial charge in [-0.3, -0.25) is 0 Å². The molecule has 0 aliphatic rings. The maximum Gasteiger partial charge on any atom is 0.453 e. The van der Waals surface area contributed by atoms with E-state index in [1.807, 2.05) is 0 Å². The number of carboxylic acids is 1. The molecule has 0 aromatic carbocycles. The second-order valence-electron chi connectivity index (χ2n) is 2.29. The van der Waals surface area contributed by atoms with Crippen LogP contribution >= 0.6 is 0 Å². The number of carboxylic acid groups (broad SMARTS) is 1. The molecule has 2 nitrogen and oxygen atoms in total. The average Bonchev–Trinajstić information content (AvgIpc) is 1.83. The highest BCUT2D eigenvalue weighted by Gasteiger charge is 2.57. The van der Waals surface area contributed by atoms with E-state index < -0.39 is 30.1 Å². The van der Waals surface area contributed by atoms with Crippen molar-refractivity contribution in [3.63, 3.8) is 0 Å². The van der Waals surface area contributed by atoms with Gasteiger partial charge in [0.05, 0.1) is 6.42 Å². The maximum absolute atomic E-state index is 12.1. The zero-order chi connectivity index (χ0) is 10.9. The lowest BCUT2D eigenvalue weighted by Crippen LogP contribution is -2.37. The van der Waals surface area contributed by atoms with Crippen LogP contribution in [0.3, 0.4) is 0 Å². The van der Waals surface area contributed by atoms with E-state index in [2.05, 4.69) is 6.58 Å². The van der Waals surface area contributed by atoms with Gasteiger partial charge in [-0.1, -0.05) is 6.58 Å². The first-order valence-electron chi connectivity index (χ1n) is 2.93. The van der Waals surface area contributed by atoms with Gasteiger partial charge in [0.15, 0.2) is 0 Å². The van der Waals surface area contributed by atoms with Crippen molar-refractivity contribution >= 4 is 5.97 Å². The third kappa shape index (κ3) is 3.00. The Kier molecular flexibility index (Phi) is 3.02. The number of rotatable bonds is 3. The van der Waals surface area contributed by atoms with Crippen LogP contribution < -0.4 is 0 Å². The fraction of sp³-hybridized carbons (Fsp3) is 0.500. The summed E-state index contributed by atoms with van der Waals surface area (Å²) < 4.78 is 58.6. The first-order valence-corrected chi connectivity index (χ1v) is 2.93. The maximum atomic E-state index is 12.1. The molecule has 0 rings (SSSR count). The van der Waals surface area contributed by atoms with Gasteiger partial charge in [0, 0.05) is 5.57 Å². The predicted molar refractivity (Wildman–Crippen MR) is 32.4 cm³/mol. The fourth-order valence-electron chi connectivity index (χ4n) is 0.444. The summed E-state index contributed by atoms with van der Waals surface area (Å²) in [6.07, 6.45) is -7.67. The monoisotopic (exact) mass is 204 g/mol. The molecule has 0 atom stereocenters. The van der Waals surface area contributed by atoms with Gasteiger partial charge in [-0.05, 0) is 0 Å². The van der Waals surface area contributed by atoms with E-state index in [9.17, 15) is 26.7 Å². The molecule has 0 saturated carbocycles. The van der Waals surface area contributed by atoms with E-state index in [1.54, 1.807) is 0 Å². The van der Waals surface area contributed by atoms with Crippen LogP contribution in [0.1, 0.15) is 6.42 Å². The second kappa shape index (κ2) is 3.31. The normalized spacial score (nSPS) is 12.7. The van der Waals surface area contributed by atoms with Crippen molar-refractivity contribution in [2.45, 2.75) is 18.5 Å². The second-order valence-corrected chi connectivity index (χ2v) is 2.29. The van der Waals surface area contributed by atoms with Crippen LogP contribution in [0.15, 0.2) is 12.2 Å². The Bertz CT molecular complexity index is 230. The highest BCUT2D eigenvalue weighted by Crippen LogP contribution is 2.39. The largest absolute Gasteiger partial charge is 0.478 e. The molecule has 0 amide bonds. The zero-order valence-electron chi connectivity index (χ0n) is 6.16. The molecule has 0 radical (unpaired) electrons. The lowest BCUT2D eigenvalue weighted by molar-refractivity contribution is -0.281. The van der Waals surface area contributed by atoms with E-state index in [4.69, 9.17) is 5.11 Å². The lowest BCUT2D eigenvalue weighted by Gasteiger charge is -2.18. The van der Waals surface area contributed by atoms with Crippen molar-refractivity contribution in [2.75, 3.05) is 0 Å². The van der Waals surface area contributed by atoms with Gasteiger partial charge in [0.25, 0.3) is 0 Å². The van der Waals surface area contributed by atoms with E-state index >= 15 is 0 Å². The summed E-state index contributed by atoms with van der Waals surface area (Å²) in [6, 6.07) is 0. The minimum atomic E-state index is -5.74. The molecule has 0 heterocycles. The van der Waals surface area contributed by atoms with Crippen LogP contribution in [0, 0.1) is 0 Å². The van der Waals surface area contributed by atoms with Crippen LogP contribution in [0.25, 0.3) is 0 Å². The number of carbonyl (C=O) groups is 1. The zero-order valence-corrected chi connectivity index (χ0v) is 6.16. The molecule has 0 aliphatic heterocycles. The molecule has 0 saturated heterocycles. The number of halogens is 5. The minimum absolute atomic E-state index is 1.18. The highest BCUT2D eigenvalue weighted by molar-refractivity contribution is 5.85. The Morgan fingerprint density at radius 1 is 1.23 bits per heavy atom. The van der Waals surface area contributed by atoms with Crippen LogP contribution in [-0.4, -0.2) is 23.2 Å². The Morgan fingerprint density at radius 2 is 1.62 bits per heavy atom. The van der Waals surface area contributed by atoms with Gasteiger partial charge in [-0.2, -0.15) is 22.0 Å². The smallest absolute Gasteiger partial charge is 0.453 e. The van der Waals surface area contributed by atoms with Crippen molar-refractivity contribution in [3.8, 4) is 0 Å². The van der Waals surface area contributed by atoms with Crippen molar-refractivity contribution in [1.29, 1.82) is 0 Å².